The summed E-state index contributed by atoms with van der Waals surface area (Å²) in [5.74, 6) is -1.04. The van der Waals surface area contributed by atoms with Gasteiger partial charge >= 0.3 is 12.1 Å². The van der Waals surface area contributed by atoms with Crippen molar-refractivity contribution in [1.29, 1.82) is 0 Å². The second-order valence-corrected chi connectivity index (χ2v) is 3.65. The van der Waals surface area contributed by atoms with Gasteiger partial charge in [0.15, 0.2) is 0 Å². The number of alkyl carbamates (subject to hydrolysis) is 1. The lowest BCUT2D eigenvalue weighted by atomic mass is 9.97. The maximum Gasteiger partial charge on any atom is 0.408 e. The molecule has 88 valence electrons. The number of aliphatic carboxylic acids is 1. The lowest BCUT2D eigenvalue weighted by molar-refractivity contribution is -0.144. The van der Waals surface area contributed by atoms with E-state index in [0.717, 1.165) is 0 Å². The molecule has 5 nitrogen and oxygen atoms in total. The molecule has 0 aliphatic heterocycles. The number of rotatable bonds is 6. The topological polar surface area (TPSA) is 75.6 Å². The lowest BCUT2D eigenvalue weighted by Gasteiger charge is -2.25. The maximum atomic E-state index is 11.2. The highest BCUT2D eigenvalue weighted by atomic mass is 16.5. The van der Waals surface area contributed by atoms with Gasteiger partial charge in [-0.1, -0.05) is 20.3 Å². The van der Waals surface area contributed by atoms with E-state index in [1.807, 2.05) is 13.8 Å². The van der Waals surface area contributed by atoms with Crippen LogP contribution in [0.1, 0.15) is 40.0 Å². The Labute approximate surface area is 89.8 Å². The maximum absolute atomic E-state index is 11.2. The molecule has 1 atom stereocenters. The molecule has 5 heteroatoms. The zero-order valence-corrected chi connectivity index (χ0v) is 9.50. The third kappa shape index (κ3) is 4.67. The van der Waals surface area contributed by atoms with Gasteiger partial charge in [0, 0.05) is 0 Å². The predicted octanol–water partition coefficient (Wildman–Crippen LogP) is 1.77. The second kappa shape index (κ2) is 6.27. The van der Waals surface area contributed by atoms with E-state index in [1.165, 1.54) is 6.92 Å². The number of carbonyl (C=O) groups is 2. The van der Waals surface area contributed by atoms with E-state index >= 15 is 0 Å². The number of amides is 1. The highest BCUT2D eigenvalue weighted by Crippen LogP contribution is 2.12. The number of ether oxygens (including phenoxy) is 1. The highest BCUT2D eigenvalue weighted by molar-refractivity contribution is 5.83. The molecule has 2 N–H and O–H groups in total. The van der Waals surface area contributed by atoms with E-state index in [0.29, 0.717) is 25.9 Å². The van der Waals surface area contributed by atoms with Crippen LogP contribution < -0.4 is 5.32 Å². The average molecular weight is 217 g/mol. The van der Waals surface area contributed by atoms with Crippen LogP contribution in [0.15, 0.2) is 0 Å². The van der Waals surface area contributed by atoms with Gasteiger partial charge in [0.1, 0.15) is 5.54 Å². The number of carboxylic acids is 1. The van der Waals surface area contributed by atoms with Gasteiger partial charge < -0.3 is 15.2 Å². The number of carboxylic acid groups (broad SMARTS) is 1. The van der Waals surface area contributed by atoms with E-state index in [4.69, 9.17) is 9.84 Å². The molecular weight excluding hydrogens is 198 g/mol. The van der Waals surface area contributed by atoms with Gasteiger partial charge in [0.25, 0.3) is 0 Å². The minimum Gasteiger partial charge on any atom is -0.480 e. The SMILES string of the molecule is CCCOC(=O)N[C@](C)(CCC)C(=O)O. The molecule has 0 fully saturated rings. The summed E-state index contributed by atoms with van der Waals surface area (Å²) in [6.07, 6.45) is 1.10. The molecule has 0 bridgehead atoms. The van der Waals surface area contributed by atoms with Gasteiger partial charge in [-0.3, -0.25) is 0 Å². The molecule has 0 aliphatic carbocycles. The van der Waals surface area contributed by atoms with Crippen molar-refractivity contribution in [2.75, 3.05) is 6.61 Å². The quantitative estimate of drug-likeness (QED) is 0.711. The van der Waals surface area contributed by atoms with Crippen molar-refractivity contribution in [3.05, 3.63) is 0 Å². The first-order valence-electron chi connectivity index (χ1n) is 5.14. The van der Waals surface area contributed by atoms with Crippen molar-refractivity contribution in [1.82, 2.24) is 5.32 Å². The minimum atomic E-state index is -1.24. The van der Waals surface area contributed by atoms with Gasteiger partial charge in [0.05, 0.1) is 6.61 Å². The fourth-order valence-electron chi connectivity index (χ4n) is 1.18. The fraction of sp³-hybridized carbons (Fsp3) is 0.800. The Balaban J connectivity index is 4.28. The van der Waals surface area contributed by atoms with E-state index in [-0.39, 0.29) is 0 Å². The number of carbonyl (C=O) groups excluding carboxylic acids is 1. The van der Waals surface area contributed by atoms with E-state index in [1.54, 1.807) is 0 Å². The first-order chi connectivity index (χ1) is 6.96. The van der Waals surface area contributed by atoms with E-state index in [2.05, 4.69) is 5.32 Å². The van der Waals surface area contributed by atoms with Crippen LogP contribution in [0.25, 0.3) is 0 Å². The van der Waals surface area contributed by atoms with Crippen LogP contribution in [0.3, 0.4) is 0 Å². The molecule has 0 aromatic carbocycles. The van der Waals surface area contributed by atoms with Crippen LogP contribution >= 0.6 is 0 Å². The van der Waals surface area contributed by atoms with Gasteiger partial charge in [-0.15, -0.1) is 0 Å². The highest BCUT2D eigenvalue weighted by Gasteiger charge is 2.34. The Morgan fingerprint density at radius 2 is 1.93 bits per heavy atom. The molecule has 0 rings (SSSR count). The summed E-state index contributed by atoms with van der Waals surface area (Å²) in [5.41, 5.74) is -1.24. The Kier molecular flexibility index (Phi) is 5.74. The summed E-state index contributed by atoms with van der Waals surface area (Å²) < 4.78 is 4.77. The summed E-state index contributed by atoms with van der Waals surface area (Å²) in [6, 6.07) is 0. The third-order valence-electron chi connectivity index (χ3n) is 2.04. The first kappa shape index (κ1) is 13.7. The Morgan fingerprint density at radius 1 is 1.33 bits per heavy atom. The first-order valence-corrected chi connectivity index (χ1v) is 5.14. The Morgan fingerprint density at radius 3 is 2.33 bits per heavy atom. The monoisotopic (exact) mass is 217 g/mol. The summed E-state index contributed by atoms with van der Waals surface area (Å²) in [7, 11) is 0. The molecule has 0 heterocycles. The number of hydrogen-bond donors (Lipinski definition) is 2. The van der Waals surface area contributed by atoms with Crippen molar-refractivity contribution >= 4 is 12.1 Å². The Bertz CT molecular complexity index is 229. The van der Waals surface area contributed by atoms with Crippen LogP contribution in [-0.2, 0) is 9.53 Å². The normalized spacial score (nSPS) is 14.1. The summed E-state index contributed by atoms with van der Waals surface area (Å²) in [4.78, 5) is 22.2. The molecule has 0 aromatic heterocycles. The zero-order chi connectivity index (χ0) is 11.9. The zero-order valence-electron chi connectivity index (χ0n) is 9.50. The van der Waals surface area contributed by atoms with Crippen LogP contribution in [-0.4, -0.2) is 29.3 Å². The average Bonchev–Trinajstić information content (AvgIpc) is 2.14. The van der Waals surface area contributed by atoms with Crippen molar-refractivity contribution < 1.29 is 19.4 Å². The van der Waals surface area contributed by atoms with Crippen LogP contribution in [0, 0.1) is 0 Å². The van der Waals surface area contributed by atoms with Crippen LogP contribution in [0.5, 0.6) is 0 Å². The molecule has 0 aliphatic rings. The molecule has 0 aromatic rings. The summed E-state index contributed by atoms with van der Waals surface area (Å²) in [6.45, 7) is 5.51. The van der Waals surface area contributed by atoms with Gasteiger partial charge in [0.2, 0.25) is 0 Å². The number of hydrogen-bond acceptors (Lipinski definition) is 3. The lowest BCUT2D eigenvalue weighted by Crippen LogP contribution is -2.52. The third-order valence-corrected chi connectivity index (χ3v) is 2.04. The predicted molar refractivity (Wildman–Crippen MR) is 55.7 cm³/mol. The number of nitrogens with one attached hydrogen (secondary N) is 1. The van der Waals surface area contributed by atoms with E-state index < -0.39 is 17.6 Å². The summed E-state index contributed by atoms with van der Waals surface area (Å²) >= 11 is 0. The fourth-order valence-corrected chi connectivity index (χ4v) is 1.18. The van der Waals surface area contributed by atoms with Crippen LogP contribution in [0.2, 0.25) is 0 Å². The summed E-state index contributed by atoms with van der Waals surface area (Å²) in [5, 5.41) is 11.3. The molecule has 0 spiro atoms. The molecular formula is C10H19NO4. The molecule has 1 amide bonds. The largest absolute Gasteiger partial charge is 0.480 e. The standard InChI is InChI=1S/C10H19NO4/c1-4-6-10(3,8(12)13)11-9(14)15-7-5-2/h4-7H2,1-3H3,(H,11,14)(H,12,13)/t10-/m1/s1. The van der Waals surface area contributed by atoms with Gasteiger partial charge in [-0.2, -0.15) is 0 Å². The molecule has 0 unspecified atom stereocenters. The van der Waals surface area contributed by atoms with Crippen LogP contribution in [0.4, 0.5) is 4.79 Å². The Hall–Kier alpha value is -1.26. The smallest absolute Gasteiger partial charge is 0.408 e. The van der Waals surface area contributed by atoms with Gasteiger partial charge in [-0.05, 0) is 19.8 Å². The molecule has 0 saturated heterocycles. The van der Waals surface area contributed by atoms with Crippen molar-refractivity contribution in [3.8, 4) is 0 Å². The van der Waals surface area contributed by atoms with Gasteiger partial charge in [-0.25, -0.2) is 9.59 Å². The van der Waals surface area contributed by atoms with E-state index in [9.17, 15) is 9.59 Å². The second-order valence-electron chi connectivity index (χ2n) is 3.65. The van der Waals surface area contributed by atoms with Crippen molar-refractivity contribution in [3.63, 3.8) is 0 Å². The molecule has 15 heavy (non-hydrogen) atoms. The molecule has 0 radical (unpaired) electrons. The van der Waals surface area contributed by atoms with Crippen molar-refractivity contribution in [2.24, 2.45) is 0 Å². The van der Waals surface area contributed by atoms with Crippen molar-refractivity contribution in [2.45, 2.75) is 45.6 Å². The molecule has 0 saturated carbocycles. The minimum absolute atomic E-state index is 0.299.